The molecule has 3 aromatic rings. The van der Waals surface area contributed by atoms with E-state index in [9.17, 15) is 4.39 Å². The van der Waals surface area contributed by atoms with Gasteiger partial charge in [-0.2, -0.15) is 5.10 Å². The minimum atomic E-state index is -0.188. The van der Waals surface area contributed by atoms with Crippen molar-refractivity contribution in [2.45, 2.75) is 25.3 Å². The number of nitrogens with zero attached hydrogens (tertiary/aromatic N) is 2. The molecule has 29 heavy (non-hydrogen) atoms. The lowest BCUT2D eigenvalue weighted by Gasteiger charge is -2.15. The SMILES string of the molecule is COc1ccccc1OCCc1cc(C2CCN(Cc3ccc(F)cc3)C2)n[nH]1. The van der Waals surface area contributed by atoms with Crippen LogP contribution >= 0.6 is 0 Å². The van der Waals surface area contributed by atoms with Crippen LogP contribution in [0.5, 0.6) is 11.5 Å². The van der Waals surface area contributed by atoms with Gasteiger partial charge in [0.1, 0.15) is 5.82 Å². The van der Waals surface area contributed by atoms with E-state index >= 15 is 0 Å². The van der Waals surface area contributed by atoms with Crippen molar-refractivity contribution >= 4 is 0 Å². The summed E-state index contributed by atoms with van der Waals surface area (Å²) < 4.78 is 24.2. The Morgan fingerprint density at radius 2 is 1.93 bits per heavy atom. The summed E-state index contributed by atoms with van der Waals surface area (Å²) in [5.41, 5.74) is 3.33. The van der Waals surface area contributed by atoms with E-state index in [0.717, 1.165) is 60.9 Å². The number of para-hydroxylation sites is 2. The number of aromatic nitrogens is 2. The Morgan fingerprint density at radius 3 is 2.72 bits per heavy atom. The van der Waals surface area contributed by atoms with E-state index in [2.05, 4.69) is 21.2 Å². The molecule has 0 spiro atoms. The molecule has 1 aliphatic heterocycles. The van der Waals surface area contributed by atoms with E-state index in [-0.39, 0.29) is 5.82 Å². The molecule has 152 valence electrons. The topological polar surface area (TPSA) is 50.4 Å². The highest BCUT2D eigenvalue weighted by atomic mass is 19.1. The van der Waals surface area contributed by atoms with E-state index in [1.165, 1.54) is 12.1 Å². The quantitative estimate of drug-likeness (QED) is 0.622. The molecule has 0 saturated carbocycles. The molecule has 1 atom stereocenters. The first-order valence-corrected chi connectivity index (χ1v) is 9.98. The van der Waals surface area contributed by atoms with Gasteiger partial charge in [0.05, 0.1) is 19.4 Å². The summed E-state index contributed by atoms with van der Waals surface area (Å²) in [7, 11) is 1.64. The van der Waals surface area contributed by atoms with Crippen LogP contribution in [-0.4, -0.2) is 41.9 Å². The fourth-order valence-corrected chi connectivity index (χ4v) is 3.79. The van der Waals surface area contributed by atoms with Gasteiger partial charge in [-0.05, 0) is 48.9 Å². The molecule has 0 amide bonds. The maximum absolute atomic E-state index is 13.1. The normalized spacial score (nSPS) is 16.8. The molecule has 4 rings (SSSR count). The molecular weight excluding hydrogens is 369 g/mol. The minimum Gasteiger partial charge on any atom is -0.493 e. The van der Waals surface area contributed by atoms with Crippen LogP contribution in [0, 0.1) is 5.82 Å². The van der Waals surface area contributed by atoms with Crippen molar-refractivity contribution in [2.24, 2.45) is 0 Å². The zero-order valence-electron chi connectivity index (χ0n) is 16.6. The summed E-state index contributed by atoms with van der Waals surface area (Å²) in [5.74, 6) is 1.73. The number of aromatic amines is 1. The Hall–Kier alpha value is -2.86. The number of ether oxygens (including phenoxy) is 2. The molecular formula is C23H26FN3O2. The number of rotatable bonds is 8. The molecule has 1 N–H and O–H groups in total. The van der Waals surface area contributed by atoms with Crippen molar-refractivity contribution < 1.29 is 13.9 Å². The fraction of sp³-hybridized carbons (Fsp3) is 0.348. The summed E-state index contributed by atoms with van der Waals surface area (Å²) >= 11 is 0. The average molecular weight is 395 g/mol. The molecule has 1 aliphatic rings. The van der Waals surface area contributed by atoms with Crippen LogP contribution in [0.1, 0.15) is 29.3 Å². The van der Waals surface area contributed by atoms with Gasteiger partial charge in [-0.1, -0.05) is 24.3 Å². The summed E-state index contributed by atoms with van der Waals surface area (Å²) in [6, 6.07) is 16.6. The monoisotopic (exact) mass is 395 g/mol. The third-order valence-electron chi connectivity index (χ3n) is 5.36. The second kappa shape index (κ2) is 9.09. The lowest BCUT2D eigenvalue weighted by atomic mass is 10.0. The third-order valence-corrected chi connectivity index (χ3v) is 5.36. The van der Waals surface area contributed by atoms with Gasteiger partial charge >= 0.3 is 0 Å². The van der Waals surface area contributed by atoms with E-state index in [1.54, 1.807) is 7.11 Å². The first-order chi connectivity index (χ1) is 14.2. The van der Waals surface area contributed by atoms with E-state index < -0.39 is 0 Å². The summed E-state index contributed by atoms with van der Waals surface area (Å²) in [6.07, 6.45) is 1.85. The van der Waals surface area contributed by atoms with Crippen molar-refractivity contribution in [3.05, 3.63) is 77.4 Å². The van der Waals surface area contributed by atoms with Gasteiger partial charge in [0, 0.05) is 31.1 Å². The van der Waals surface area contributed by atoms with E-state index in [0.29, 0.717) is 12.5 Å². The highest BCUT2D eigenvalue weighted by molar-refractivity contribution is 5.39. The number of halogens is 1. The van der Waals surface area contributed by atoms with Crippen molar-refractivity contribution in [3.63, 3.8) is 0 Å². The Bertz CT molecular complexity index is 926. The van der Waals surface area contributed by atoms with Gasteiger partial charge in [-0.15, -0.1) is 0 Å². The molecule has 2 heterocycles. The molecule has 6 heteroatoms. The summed E-state index contributed by atoms with van der Waals surface area (Å²) in [5, 5.41) is 7.68. The maximum Gasteiger partial charge on any atom is 0.161 e. The number of benzene rings is 2. The van der Waals surface area contributed by atoms with Crippen molar-refractivity contribution in [1.29, 1.82) is 0 Å². The Morgan fingerprint density at radius 1 is 1.14 bits per heavy atom. The van der Waals surface area contributed by atoms with Crippen LogP contribution in [-0.2, 0) is 13.0 Å². The van der Waals surface area contributed by atoms with Gasteiger partial charge < -0.3 is 9.47 Å². The van der Waals surface area contributed by atoms with Crippen LogP contribution in [0.4, 0.5) is 4.39 Å². The number of likely N-dealkylation sites (tertiary alicyclic amines) is 1. The molecule has 5 nitrogen and oxygen atoms in total. The first kappa shape index (κ1) is 19.5. The Balaban J connectivity index is 1.27. The van der Waals surface area contributed by atoms with Crippen LogP contribution in [0.15, 0.2) is 54.6 Å². The molecule has 1 saturated heterocycles. The third kappa shape index (κ3) is 4.95. The number of hydrogen-bond acceptors (Lipinski definition) is 4. The smallest absolute Gasteiger partial charge is 0.161 e. The predicted octanol–water partition coefficient (Wildman–Crippen LogP) is 4.17. The average Bonchev–Trinajstić information content (AvgIpc) is 3.40. The molecule has 1 unspecified atom stereocenters. The van der Waals surface area contributed by atoms with Gasteiger partial charge in [-0.3, -0.25) is 10.00 Å². The van der Waals surface area contributed by atoms with Crippen molar-refractivity contribution in [1.82, 2.24) is 15.1 Å². The summed E-state index contributed by atoms with van der Waals surface area (Å²) in [6.45, 7) is 3.41. The van der Waals surface area contributed by atoms with Gasteiger partial charge in [0.2, 0.25) is 0 Å². The van der Waals surface area contributed by atoms with Crippen LogP contribution < -0.4 is 9.47 Å². The van der Waals surface area contributed by atoms with Crippen molar-refractivity contribution in [2.75, 3.05) is 26.8 Å². The zero-order valence-corrected chi connectivity index (χ0v) is 16.6. The standard InChI is InChI=1S/C23H26FN3O2/c1-28-22-4-2-3-5-23(22)29-13-11-20-14-21(26-25-20)18-10-12-27(16-18)15-17-6-8-19(24)9-7-17/h2-9,14,18H,10-13,15-16H2,1H3,(H,25,26). The molecule has 0 aliphatic carbocycles. The minimum absolute atomic E-state index is 0.188. The number of H-pyrrole nitrogens is 1. The number of nitrogens with one attached hydrogen (secondary N) is 1. The largest absolute Gasteiger partial charge is 0.493 e. The van der Waals surface area contributed by atoms with Gasteiger partial charge in [-0.25, -0.2) is 4.39 Å². The first-order valence-electron chi connectivity index (χ1n) is 9.98. The van der Waals surface area contributed by atoms with Crippen LogP contribution in [0.2, 0.25) is 0 Å². The van der Waals surface area contributed by atoms with Crippen LogP contribution in [0.3, 0.4) is 0 Å². The summed E-state index contributed by atoms with van der Waals surface area (Å²) in [4.78, 5) is 2.40. The van der Waals surface area contributed by atoms with Crippen LogP contribution in [0.25, 0.3) is 0 Å². The Labute approximate surface area is 170 Å². The molecule has 0 radical (unpaired) electrons. The predicted molar refractivity (Wildman–Crippen MR) is 110 cm³/mol. The Kier molecular flexibility index (Phi) is 6.10. The molecule has 1 fully saturated rings. The van der Waals surface area contributed by atoms with Gasteiger partial charge in [0.25, 0.3) is 0 Å². The molecule has 2 aromatic carbocycles. The lowest BCUT2D eigenvalue weighted by Crippen LogP contribution is -2.19. The highest BCUT2D eigenvalue weighted by Crippen LogP contribution is 2.28. The second-order valence-corrected chi connectivity index (χ2v) is 7.41. The molecule has 1 aromatic heterocycles. The van der Waals surface area contributed by atoms with Crippen molar-refractivity contribution in [3.8, 4) is 11.5 Å². The zero-order chi connectivity index (χ0) is 20.1. The fourth-order valence-electron chi connectivity index (χ4n) is 3.79. The highest BCUT2D eigenvalue weighted by Gasteiger charge is 2.25. The maximum atomic E-state index is 13.1. The molecule has 0 bridgehead atoms. The van der Waals surface area contributed by atoms with E-state index in [1.807, 2.05) is 36.4 Å². The number of hydrogen-bond donors (Lipinski definition) is 1. The van der Waals surface area contributed by atoms with Gasteiger partial charge in [0.15, 0.2) is 11.5 Å². The second-order valence-electron chi connectivity index (χ2n) is 7.41. The number of methoxy groups -OCH3 is 1. The van der Waals surface area contributed by atoms with E-state index in [4.69, 9.17) is 9.47 Å². The lowest BCUT2D eigenvalue weighted by molar-refractivity contribution is 0.296.